The largest absolute Gasteiger partial charge is 0.352 e. The minimum absolute atomic E-state index is 0.0110. The van der Waals surface area contributed by atoms with E-state index in [1.807, 2.05) is 30.3 Å². The van der Waals surface area contributed by atoms with Gasteiger partial charge >= 0.3 is 10.2 Å². The Balaban J connectivity index is 1.74. The summed E-state index contributed by atoms with van der Waals surface area (Å²) >= 11 is 6.12. The van der Waals surface area contributed by atoms with Crippen molar-refractivity contribution in [2.75, 3.05) is 24.9 Å². The Labute approximate surface area is 258 Å². The molecule has 1 aliphatic carbocycles. The normalized spacial score (nSPS) is 14.7. The van der Waals surface area contributed by atoms with E-state index in [4.69, 9.17) is 11.6 Å². The molecule has 0 bridgehead atoms. The topological polar surface area (TPSA) is 90.0 Å². The van der Waals surface area contributed by atoms with E-state index in [1.165, 1.54) is 31.1 Å². The van der Waals surface area contributed by atoms with E-state index in [0.29, 0.717) is 5.02 Å². The zero-order valence-corrected chi connectivity index (χ0v) is 26.0. The van der Waals surface area contributed by atoms with Crippen molar-refractivity contribution < 1.29 is 22.4 Å². The summed E-state index contributed by atoms with van der Waals surface area (Å²) in [5.41, 5.74) is 1.71. The molecule has 1 aliphatic rings. The lowest BCUT2D eigenvalue weighted by molar-refractivity contribution is -0.140. The van der Waals surface area contributed by atoms with Crippen LogP contribution < -0.4 is 9.62 Å². The highest BCUT2D eigenvalue weighted by molar-refractivity contribution is 7.90. The summed E-state index contributed by atoms with van der Waals surface area (Å²) in [5.74, 6) is -1.41. The highest BCUT2D eigenvalue weighted by atomic mass is 35.5. The lowest BCUT2D eigenvalue weighted by atomic mass is 9.94. The van der Waals surface area contributed by atoms with Gasteiger partial charge in [-0.1, -0.05) is 73.3 Å². The Morgan fingerprint density at radius 2 is 1.53 bits per heavy atom. The summed E-state index contributed by atoms with van der Waals surface area (Å²) in [6.07, 6.45) is 5.15. The number of carbonyl (C=O) groups is 2. The monoisotopic (exact) mass is 628 g/mol. The van der Waals surface area contributed by atoms with Crippen LogP contribution in [0.1, 0.15) is 43.2 Å². The highest BCUT2D eigenvalue weighted by Gasteiger charge is 2.35. The molecule has 1 saturated carbocycles. The average molecular weight is 629 g/mol. The molecule has 1 unspecified atom stereocenters. The van der Waals surface area contributed by atoms with Gasteiger partial charge in [0.2, 0.25) is 11.8 Å². The molecule has 0 spiro atoms. The van der Waals surface area contributed by atoms with Crippen LogP contribution in [0.2, 0.25) is 5.02 Å². The maximum atomic E-state index is 14.3. The summed E-state index contributed by atoms with van der Waals surface area (Å²) in [6, 6.07) is 20.3. The van der Waals surface area contributed by atoms with Gasteiger partial charge in [-0.3, -0.25) is 9.59 Å². The van der Waals surface area contributed by atoms with Crippen molar-refractivity contribution in [1.29, 1.82) is 0 Å². The fourth-order valence-corrected chi connectivity index (χ4v) is 6.39. The summed E-state index contributed by atoms with van der Waals surface area (Å²) < 4.78 is 42.5. The van der Waals surface area contributed by atoms with Crippen LogP contribution in [0.25, 0.3) is 0 Å². The molecule has 43 heavy (non-hydrogen) atoms. The molecule has 0 radical (unpaired) electrons. The number of nitrogens with one attached hydrogen (secondary N) is 1. The fourth-order valence-electron chi connectivity index (χ4n) is 5.21. The van der Waals surface area contributed by atoms with Crippen molar-refractivity contribution in [3.8, 4) is 0 Å². The number of halogens is 2. The summed E-state index contributed by atoms with van der Waals surface area (Å²) in [5, 5.41) is 3.70. The van der Waals surface area contributed by atoms with E-state index < -0.39 is 34.5 Å². The van der Waals surface area contributed by atoms with E-state index in [0.717, 1.165) is 64.0 Å². The summed E-state index contributed by atoms with van der Waals surface area (Å²) in [6.45, 7) is -0.549. The Hall–Kier alpha value is -3.47. The number of hydrogen-bond acceptors (Lipinski definition) is 4. The number of carbonyl (C=O) groups excluding carboxylic acids is 2. The highest BCUT2D eigenvalue weighted by Crippen LogP contribution is 2.23. The van der Waals surface area contributed by atoms with Crippen molar-refractivity contribution >= 4 is 39.3 Å². The first kappa shape index (κ1) is 32.4. The van der Waals surface area contributed by atoms with Crippen molar-refractivity contribution in [2.24, 2.45) is 0 Å². The first-order valence-corrected chi connectivity index (χ1v) is 16.2. The molecule has 1 atom stereocenters. The Morgan fingerprint density at radius 1 is 0.907 bits per heavy atom. The van der Waals surface area contributed by atoms with Crippen LogP contribution in [0, 0.1) is 5.82 Å². The third-order valence-corrected chi connectivity index (χ3v) is 9.69. The van der Waals surface area contributed by atoms with E-state index in [-0.39, 0.29) is 30.6 Å². The van der Waals surface area contributed by atoms with Crippen molar-refractivity contribution in [3.05, 3.63) is 101 Å². The van der Waals surface area contributed by atoms with Gasteiger partial charge in [-0.25, -0.2) is 8.70 Å². The quantitative estimate of drug-likeness (QED) is 0.299. The predicted molar refractivity (Wildman–Crippen MR) is 167 cm³/mol. The standard InChI is InChI=1S/C32H38ClFN4O4S/c1-36(2)43(41,42)38(29-19-17-27(34)18-20-29)23-31(39)37(22-25-13-15-26(33)16-14-25)30(21-24-9-5-3-6-10-24)32(40)35-28-11-7-4-8-12-28/h3,5-6,9-10,13-20,28,30H,4,7-8,11-12,21-23H2,1-2H3,(H,35,40). The SMILES string of the molecule is CN(C)S(=O)(=O)N(CC(=O)N(Cc1ccc(Cl)cc1)C(Cc1ccccc1)C(=O)NC1CCCCC1)c1ccc(F)cc1. The van der Waals surface area contributed by atoms with Crippen LogP contribution in [-0.2, 0) is 32.8 Å². The van der Waals surface area contributed by atoms with E-state index in [2.05, 4.69) is 5.32 Å². The van der Waals surface area contributed by atoms with Crippen LogP contribution in [0.15, 0.2) is 78.9 Å². The van der Waals surface area contributed by atoms with E-state index in [1.54, 1.807) is 24.3 Å². The molecule has 1 N–H and O–H groups in total. The summed E-state index contributed by atoms with van der Waals surface area (Å²) in [4.78, 5) is 29.7. The maximum Gasteiger partial charge on any atom is 0.304 e. The second-order valence-electron chi connectivity index (χ2n) is 11.0. The number of anilines is 1. The first-order chi connectivity index (χ1) is 20.5. The Bertz CT molecular complexity index is 1470. The second-order valence-corrected chi connectivity index (χ2v) is 13.5. The molecule has 0 aromatic heterocycles. The molecule has 0 heterocycles. The molecule has 11 heteroatoms. The average Bonchev–Trinajstić information content (AvgIpc) is 3.00. The van der Waals surface area contributed by atoms with Gasteiger partial charge in [0.25, 0.3) is 0 Å². The maximum absolute atomic E-state index is 14.3. The van der Waals surface area contributed by atoms with Gasteiger partial charge in [-0.05, 0) is 60.4 Å². The van der Waals surface area contributed by atoms with Gasteiger partial charge in [0.15, 0.2) is 0 Å². The van der Waals surface area contributed by atoms with Crippen LogP contribution >= 0.6 is 11.6 Å². The lowest BCUT2D eigenvalue weighted by Gasteiger charge is -2.35. The molecule has 0 saturated heterocycles. The molecule has 4 rings (SSSR count). The van der Waals surface area contributed by atoms with Gasteiger partial charge in [-0.2, -0.15) is 12.7 Å². The van der Waals surface area contributed by atoms with E-state index in [9.17, 15) is 22.4 Å². The third kappa shape index (κ3) is 8.78. The first-order valence-electron chi connectivity index (χ1n) is 14.4. The minimum Gasteiger partial charge on any atom is -0.352 e. The van der Waals surface area contributed by atoms with Crippen molar-refractivity contribution in [1.82, 2.24) is 14.5 Å². The molecule has 3 aromatic carbocycles. The molecule has 230 valence electrons. The molecule has 8 nitrogen and oxygen atoms in total. The molecular weight excluding hydrogens is 591 g/mol. The fraction of sp³-hybridized carbons (Fsp3) is 0.375. The van der Waals surface area contributed by atoms with Crippen LogP contribution in [-0.4, -0.2) is 62.2 Å². The second kappa shape index (κ2) is 14.8. The molecule has 0 aliphatic heterocycles. The van der Waals surface area contributed by atoms with Crippen molar-refractivity contribution in [3.63, 3.8) is 0 Å². The van der Waals surface area contributed by atoms with Gasteiger partial charge in [0.1, 0.15) is 18.4 Å². The zero-order valence-electron chi connectivity index (χ0n) is 24.5. The number of benzene rings is 3. The molecule has 2 amide bonds. The van der Waals surface area contributed by atoms with Crippen LogP contribution in [0.3, 0.4) is 0 Å². The lowest BCUT2D eigenvalue weighted by Crippen LogP contribution is -2.55. The number of rotatable bonds is 12. The minimum atomic E-state index is -4.16. The summed E-state index contributed by atoms with van der Waals surface area (Å²) in [7, 11) is -1.44. The third-order valence-electron chi connectivity index (χ3n) is 7.62. The predicted octanol–water partition coefficient (Wildman–Crippen LogP) is 5.18. The number of hydrogen-bond donors (Lipinski definition) is 1. The molecule has 1 fully saturated rings. The zero-order chi connectivity index (χ0) is 31.0. The van der Waals surface area contributed by atoms with Gasteiger partial charge < -0.3 is 10.2 Å². The molecule has 3 aromatic rings. The van der Waals surface area contributed by atoms with Gasteiger partial charge in [0, 0.05) is 38.1 Å². The van der Waals surface area contributed by atoms with Crippen molar-refractivity contribution in [2.45, 2.75) is 57.2 Å². The Kier molecular flexibility index (Phi) is 11.2. The number of nitrogens with zero attached hydrogens (tertiary/aromatic N) is 3. The van der Waals surface area contributed by atoms with E-state index >= 15 is 0 Å². The van der Waals surface area contributed by atoms with Crippen LogP contribution in [0.4, 0.5) is 10.1 Å². The smallest absolute Gasteiger partial charge is 0.304 e. The van der Waals surface area contributed by atoms with Crippen LogP contribution in [0.5, 0.6) is 0 Å². The van der Waals surface area contributed by atoms with Gasteiger partial charge in [-0.15, -0.1) is 0 Å². The number of amides is 2. The molecular formula is C32H38ClFN4O4S. The Morgan fingerprint density at radius 3 is 2.14 bits per heavy atom. The van der Waals surface area contributed by atoms with Gasteiger partial charge in [0.05, 0.1) is 5.69 Å².